The van der Waals surface area contributed by atoms with Crippen LogP contribution in [-0.4, -0.2) is 68.5 Å². The fraction of sp³-hybridized carbons (Fsp3) is 0.930. The maximum Gasteiger partial charge on any atom is 0.268 e. The number of unbranched alkanes of at least 4 members (excludes halogenated alkanes) is 27. The molecule has 310 valence electrons. The monoisotopic (exact) mass is 759 g/mol. The molecule has 0 aromatic heterocycles. The Bertz CT molecular complexity index is 865. The number of carbonyl (C=O) groups excluding carboxylic acids is 1. The lowest BCUT2D eigenvalue weighted by atomic mass is 10.0. The number of phosphoric acid groups is 1. The molecule has 0 spiro atoms. The quantitative estimate of drug-likeness (QED) is 0.0279. The largest absolute Gasteiger partial charge is 0.756 e. The predicted molar refractivity (Wildman–Crippen MR) is 219 cm³/mol. The number of quaternary nitrogens is 1. The zero-order valence-electron chi connectivity index (χ0n) is 35.0. The topological polar surface area (TPSA) is 108 Å². The summed E-state index contributed by atoms with van der Waals surface area (Å²) < 4.78 is 23.2. The van der Waals surface area contributed by atoms with Gasteiger partial charge in [0.15, 0.2) is 0 Å². The van der Waals surface area contributed by atoms with Gasteiger partial charge >= 0.3 is 0 Å². The number of aliphatic hydroxyl groups excluding tert-OH is 1. The Hall–Kier alpha value is -0.760. The van der Waals surface area contributed by atoms with Gasteiger partial charge in [0.1, 0.15) is 13.2 Å². The van der Waals surface area contributed by atoms with E-state index < -0.39 is 20.0 Å². The van der Waals surface area contributed by atoms with Crippen molar-refractivity contribution in [1.82, 2.24) is 5.32 Å². The van der Waals surface area contributed by atoms with Crippen LogP contribution in [0.15, 0.2) is 12.2 Å². The Morgan fingerprint density at radius 1 is 0.654 bits per heavy atom. The van der Waals surface area contributed by atoms with E-state index in [0.717, 1.165) is 38.5 Å². The Morgan fingerprint density at radius 2 is 1.04 bits per heavy atom. The van der Waals surface area contributed by atoms with E-state index in [0.29, 0.717) is 17.4 Å². The fourth-order valence-electron chi connectivity index (χ4n) is 6.45. The molecule has 0 aliphatic carbocycles. The highest BCUT2D eigenvalue weighted by Crippen LogP contribution is 2.38. The van der Waals surface area contributed by atoms with E-state index in [4.69, 9.17) is 9.05 Å². The number of nitrogens with one attached hydrogen (secondary N) is 1. The van der Waals surface area contributed by atoms with Crippen molar-refractivity contribution in [2.24, 2.45) is 0 Å². The molecule has 0 aliphatic rings. The van der Waals surface area contributed by atoms with Crippen molar-refractivity contribution in [2.45, 2.75) is 219 Å². The van der Waals surface area contributed by atoms with Gasteiger partial charge in [0.2, 0.25) is 5.91 Å². The van der Waals surface area contributed by atoms with Gasteiger partial charge in [0.05, 0.1) is 39.9 Å². The van der Waals surface area contributed by atoms with Crippen LogP contribution in [0.4, 0.5) is 0 Å². The first-order valence-corrected chi connectivity index (χ1v) is 23.5. The smallest absolute Gasteiger partial charge is 0.268 e. The molecule has 0 saturated heterocycles. The number of amides is 1. The van der Waals surface area contributed by atoms with Crippen LogP contribution >= 0.6 is 7.82 Å². The highest BCUT2D eigenvalue weighted by molar-refractivity contribution is 7.45. The molecular formula is C43H87N2O6P. The molecule has 0 saturated carbocycles. The van der Waals surface area contributed by atoms with Crippen molar-refractivity contribution in [2.75, 3.05) is 40.9 Å². The number of carbonyl (C=O) groups is 1. The number of hydrogen-bond acceptors (Lipinski definition) is 6. The lowest BCUT2D eigenvalue weighted by Gasteiger charge is -2.29. The van der Waals surface area contributed by atoms with Crippen molar-refractivity contribution >= 4 is 13.7 Å². The summed E-state index contributed by atoms with van der Waals surface area (Å²) in [5.41, 5.74) is 0. The molecule has 0 aromatic rings. The number of allylic oxidation sites excluding steroid dienone is 1. The minimum atomic E-state index is -4.58. The predicted octanol–water partition coefficient (Wildman–Crippen LogP) is 11.3. The van der Waals surface area contributed by atoms with Crippen molar-refractivity contribution in [1.29, 1.82) is 0 Å². The second-order valence-electron chi connectivity index (χ2n) is 16.4. The minimum absolute atomic E-state index is 0.00201. The van der Waals surface area contributed by atoms with Gasteiger partial charge in [-0.05, 0) is 19.3 Å². The second kappa shape index (κ2) is 35.9. The molecule has 0 heterocycles. The Labute approximate surface area is 322 Å². The third-order valence-corrected chi connectivity index (χ3v) is 11.0. The summed E-state index contributed by atoms with van der Waals surface area (Å²) in [5.74, 6) is -0.197. The van der Waals surface area contributed by atoms with E-state index >= 15 is 0 Å². The van der Waals surface area contributed by atoms with E-state index in [1.165, 1.54) is 148 Å². The van der Waals surface area contributed by atoms with Crippen LogP contribution in [0.25, 0.3) is 0 Å². The lowest BCUT2D eigenvalue weighted by molar-refractivity contribution is -0.870. The number of phosphoric ester groups is 1. The average molecular weight is 759 g/mol. The highest BCUT2D eigenvalue weighted by atomic mass is 31.2. The molecule has 0 bridgehead atoms. The third-order valence-electron chi connectivity index (χ3n) is 10.00. The Morgan fingerprint density at radius 3 is 1.44 bits per heavy atom. The first kappa shape index (κ1) is 51.2. The number of nitrogens with zero attached hydrogens (tertiary/aromatic N) is 1. The van der Waals surface area contributed by atoms with Gasteiger partial charge < -0.3 is 28.8 Å². The van der Waals surface area contributed by atoms with Crippen LogP contribution in [0.2, 0.25) is 0 Å². The van der Waals surface area contributed by atoms with Gasteiger partial charge in [0.25, 0.3) is 7.82 Å². The maximum absolute atomic E-state index is 12.8. The third kappa shape index (κ3) is 37.6. The number of hydrogen-bond donors (Lipinski definition) is 2. The van der Waals surface area contributed by atoms with E-state index in [2.05, 4.69) is 19.2 Å². The summed E-state index contributed by atoms with van der Waals surface area (Å²) in [6.07, 6.45) is 39.6. The lowest BCUT2D eigenvalue weighted by Crippen LogP contribution is -2.45. The fourth-order valence-corrected chi connectivity index (χ4v) is 7.17. The molecular weight excluding hydrogens is 671 g/mol. The van der Waals surface area contributed by atoms with Gasteiger partial charge in [-0.15, -0.1) is 0 Å². The van der Waals surface area contributed by atoms with Crippen molar-refractivity contribution in [3.63, 3.8) is 0 Å². The summed E-state index contributed by atoms with van der Waals surface area (Å²) in [7, 11) is 1.27. The van der Waals surface area contributed by atoms with Gasteiger partial charge in [-0.1, -0.05) is 193 Å². The van der Waals surface area contributed by atoms with Crippen LogP contribution < -0.4 is 10.2 Å². The van der Waals surface area contributed by atoms with Crippen LogP contribution in [-0.2, 0) is 18.4 Å². The molecule has 3 unspecified atom stereocenters. The van der Waals surface area contributed by atoms with Gasteiger partial charge in [-0.25, -0.2) is 0 Å². The van der Waals surface area contributed by atoms with E-state index in [-0.39, 0.29) is 19.1 Å². The molecule has 52 heavy (non-hydrogen) atoms. The summed E-state index contributed by atoms with van der Waals surface area (Å²) in [6.45, 7) is 4.65. The van der Waals surface area contributed by atoms with Gasteiger partial charge in [-0.2, -0.15) is 0 Å². The standard InChI is InChI=1S/C43H87N2O6P/c1-6-8-10-12-14-16-18-20-21-22-23-24-25-26-28-30-32-34-36-42(46)41(40-51-52(48,49)50-39-38-45(3,4)5)44-43(47)37-35-33-31-29-27-19-17-15-13-11-9-7-2/h34,36,41-42,46H,6-33,35,37-40H2,1-5H3,(H-,44,47,48,49)/b36-34+. The first-order valence-electron chi connectivity index (χ1n) is 22.1. The summed E-state index contributed by atoms with van der Waals surface area (Å²) in [5, 5.41) is 13.8. The molecule has 0 aliphatic heterocycles. The second-order valence-corrected chi connectivity index (χ2v) is 17.8. The molecule has 1 amide bonds. The number of aliphatic hydroxyl groups is 1. The van der Waals surface area contributed by atoms with E-state index in [1.807, 2.05) is 27.2 Å². The Balaban J connectivity index is 4.40. The van der Waals surface area contributed by atoms with Crippen LogP contribution in [0, 0.1) is 0 Å². The molecule has 3 atom stereocenters. The Kier molecular flexibility index (Phi) is 35.4. The normalized spacial score (nSPS) is 14.5. The van der Waals surface area contributed by atoms with Crippen molar-refractivity contribution in [3.05, 3.63) is 12.2 Å². The zero-order valence-corrected chi connectivity index (χ0v) is 35.9. The average Bonchev–Trinajstić information content (AvgIpc) is 3.09. The van der Waals surface area contributed by atoms with E-state index in [1.54, 1.807) is 6.08 Å². The van der Waals surface area contributed by atoms with Crippen molar-refractivity contribution in [3.8, 4) is 0 Å². The van der Waals surface area contributed by atoms with E-state index in [9.17, 15) is 19.4 Å². The molecule has 2 N–H and O–H groups in total. The molecule has 9 heteroatoms. The van der Waals surface area contributed by atoms with Crippen LogP contribution in [0.1, 0.15) is 206 Å². The summed E-state index contributed by atoms with van der Waals surface area (Å²) >= 11 is 0. The highest BCUT2D eigenvalue weighted by Gasteiger charge is 2.23. The minimum Gasteiger partial charge on any atom is -0.756 e. The first-order chi connectivity index (χ1) is 25.0. The molecule has 8 nitrogen and oxygen atoms in total. The van der Waals surface area contributed by atoms with Gasteiger partial charge in [0, 0.05) is 6.42 Å². The van der Waals surface area contributed by atoms with Gasteiger partial charge in [-0.3, -0.25) is 9.36 Å². The van der Waals surface area contributed by atoms with Crippen molar-refractivity contribution < 1.29 is 32.9 Å². The maximum atomic E-state index is 12.8. The molecule has 0 fully saturated rings. The number of rotatable bonds is 40. The SMILES string of the molecule is CCCCCCCCCCCCCCCCCC/C=C/C(O)C(COP(=O)([O-])OCC[N+](C)(C)C)NC(=O)CCCCCCCCCCCCCC. The van der Waals surface area contributed by atoms with Crippen LogP contribution in [0.5, 0.6) is 0 Å². The zero-order chi connectivity index (χ0) is 38.6. The molecule has 0 aromatic carbocycles. The molecule has 0 rings (SSSR count). The summed E-state index contributed by atoms with van der Waals surface area (Å²) in [6, 6.07) is -0.879. The van der Waals surface area contributed by atoms with Crippen LogP contribution in [0.3, 0.4) is 0 Å². The number of likely N-dealkylation sites (N-methyl/N-ethyl adjacent to an activating group) is 1. The molecule has 0 radical (unpaired) electrons. The summed E-state index contributed by atoms with van der Waals surface area (Å²) in [4.78, 5) is 25.2.